The molecular formula is C16H19N5O2. The Morgan fingerprint density at radius 3 is 2.91 bits per heavy atom. The number of nitrogens with two attached hydrogens (primary N) is 1. The number of nitrogens with one attached hydrogen (secondary N) is 1. The third-order valence-corrected chi connectivity index (χ3v) is 3.61. The molecule has 0 spiro atoms. The van der Waals surface area contributed by atoms with Crippen LogP contribution in [-0.2, 0) is 4.79 Å². The van der Waals surface area contributed by atoms with Gasteiger partial charge in [-0.3, -0.25) is 4.79 Å². The summed E-state index contributed by atoms with van der Waals surface area (Å²) in [5, 5.41) is 7.29. The number of hydrogen-bond acceptors (Lipinski definition) is 5. The first-order valence-corrected chi connectivity index (χ1v) is 7.41. The highest BCUT2D eigenvalue weighted by Gasteiger charge is 2.32. The molecule has 0 radical (unpaired) electrons. The molecule has 1 unspecified atom stereocenters. The largest absolute Gasteiger partial charge is 0.491 e. The average Bonchev–Trinajstić information content (AvgIpc) is 2.92. The Balaban J connectivity index is 2.11. The van der Waals surface area contributed by atoms with Crippen molar-refractivity contribution < 1.29 is 9.53 Å². The molecule has 1 aliphatic heterocycles. The van der Waals surface area contributed by atoms with Crippen molar-refractivity contribution in [1.29, 1.82) is 0 Å². The summed E-state index contributed by atoms with van der Waals surface area (Å²) in [7, 11) is 0. The first-order valence-electron chi connectivity index (χ1n) is 7.41. The van der Waals surface area contributed by atoms with E-state index in [-0.39, 0.29) is 6.10 Å². The van der Waals surface area contributed by atoms with Gasteiger partial charge in [0.1, 0.15) is 18.1 Å². The van der Waals surface area contributed by atoms with E-state index in [1.807, 2.05) is 38.1 Å². The Bertz CT molecular complexity index is 778. The molecule has 1 aromatic heterocycles. The second kappa shape index (κ2) is 5.75. The summed E-state index contributed by atoms with van der Waals surface area (Å²) < 4.78 is 7.40. The molecule has 0 aliphatic carbocycles. The lowest BCUT2D eigenvalue weighted by molar-refractivity contribution is -0.115. The third kappa shape index (κ3) is 2.77. The minimum Gasteiger partial charge on any atom is -0.491 e. The van der Waals surface area contributed by atoms with Crippen LogP contribution in [0, 0.1) is 0 Å². The van der Waals surface area contributed by atoms with Crippen LogP contribution in [0.15, 0.2) is 41.9 Å². The molecule has 7 nitrogen and oxygen atoms in total. The lowest BCUT2D eigenvalue weighted by atomic mass is 9.95. The summed E-state index contributed by atoms with van der Waals surface area (Å²) in [5.41, 5.74) is 7.61. The fraction of sp³-hybridized carbons (Fsp3) is 0.312. The van der Waals surface area contributed by atoms with Gasteiger partial charge in [0.2, 0.25) is 11.9 Å². The van der Waals surface area contributed by atoms with Crippen LogP contribution in [0.3, 0.4) is 0 Å². The van der Waals surface area contributed by atoms with Gasteiger partial charge in [-0.2, -0.15) is 10.1 Å². The van der Waals surface area contributed by atoms with Crippen LogP contribution >= 0.6 is 0 Å². The summed E-state index contributed by atoms with van der Waals surface area (Å²) in [6.45, 7) is 5.73. The highest BCUT2D eigenvalue weighted by Crippen LogP contribution is 2.35. The van der Waals surface area contributed by atoms with Crippen molar-refractivity contribution in [3.63, 3.8) is 0 Å². The van der Waals surface area contributed by atoms with E-state index in [1.165, 1.54) is 6.33 Å². The fourth-order valence-electron chi connectivity index (χ4n) is 2.75. The number of amides is 1. The minimum absolute atomic E-state index is 0.0630. The van der Waals surface area contributed by atoms with Crippen LogP contribution in [0.4, 0.5) is 5.95 Å². The molecule has 1 atom stereocenters. The number of nitrogens with zero attached hydrogens (tertiary/aromatic N) is 3. The normalized spacial score (nSPS) is 17.0. The van der Waals surface area contributed by atoms with Crippen molar-refractivity contribution in [3.8, 4) is 5.75 Å². The van der Waals surface area contributed by atoms with Crippen LogP contribution in [0.5, 0.6) is 5.75 Å². The maximum Gasteiger partial charge on any atom is 0.248 e. The first-order chi connectivity index (χ1) is 11.0. The van der Waals surface area contributed by atoms with E-state index in [0.717, 1.165) is 11.3 Å². The van der Waals surface area contributed by atoms with E-state index in [1.54, 1.807) is 11.6 Å². The monoisotopic (exact) mass is 313 g/mol. The van der Waals surface area contributed by atoms with Crippen LogP contribution in [0.25, 0.3) is 0 Å². The molecule has 23 heavy (non-hydrogen) atoms. The SMILES string of the molecule is CC1=C(C(N)=O)C(c2cccc(OC(C)C)c2)n2ncnc2N1. The van der Waals surface area contributed by atoms with Crippen molar-refractivity contribution in [2.45, 2.75) is 32.9 Å². The maximum atomic E-state index is 12.0. The Hall–Kier alpha value is -2.83. The smallest absolute Gasteiger partial charge is 0.248 e. The molecule has 3 rings (SSSR count). The second-order valence-corrected chi connectivity index (χ2v) is 5.70. The Morgan fingerprint density at radius 1 is 1.43 bits per heavy atom. The van der Waals surface area contributed by atoms with E-state index < -0.39 is 11.9 Å². The van der Waals surface area contributed by atoms with Crippen molar-refractivity contribution in [3.05, 3.63) is 47.4 Å². The Kier molecular flexibility index (Phi) is 3.77. The summed E-state index contributed by atoms with van der Waals surface area (Å²) in [6.07, 6.45) is 1.51. The number of carbonyl (C=O) groups is 1. The topological polar surface area (TPSA) is 95.1 Å². The molecule has 120 valence electrons. The second-order valence-electron chi connectivity index (χ2n) is 5.70. The number of primary amides is 1. The number of allylic oxidation sites excluding steroid dienone is 1. The number of aromatic nitrogens is 3. The van der Waals surface area contributed by atoms with Gasteiger partial charge in [0.25, 0.3) is 0 Å². The molecule has 0 saturated heterocycles. The molecule has 3 N–H and O–H groups in total. The van der Waals surface area contributed by atoms with Gasteiger partial charge in [0.15, 0.2) is 0 Å². The first kappa shape index (κ1) is 15.1. The average molecular weight is 313 g/mol. The van der Waals surface area contributed by atoms with Crippen molar-refractivity contribution >= 4 is 11.9 Å². The molecule has 1 aromatic carbocycles. The molecule has 1 amide bonds. The summed E-state index contributed by atoms with van der Waals surface area (Å²) in [6, 6.07) is 7.16. The highest BCUT2D eigenvalue weighted by atomic mass is 16.5. The quantitative estimate of drug-likeness (QED) is 0.898. The molecule has 7 heteroatoms. The molecule has 0 saturated carbocycles. The minimum atomic E-state index is -0.490. The van der Waals surface area contributed by atoms with Crippen LogP contribution in [0.1, 0.15) is 32.4 Å². The number of ether oxygens (including phenoxy) is 1. The van der Waals surface area contributed by atoms with Crippen LogP contribution in [0.2, 0.25) is 0 Å². The van der Waals surface area contributed by atoms with Crippen molar-refractivity contribution in [2.75, 3.05) is 5.32 Å². The summed E-state index contributed by atoms with van der Waals surface area (Å²) in [5.74, 6) is 0.822. The van der Waals surface area contributed by atoms with Gasteiger partial charge in [-0.1, -0.05) is 12.1 Å². The number of hydrogen-bond donors (Lipinski definition) is 2. The van der Waals surface area contributed by atoms with Crippen LogP contribution in [-0.4, -0.2) is 26.8 Å². The molecule has 2 heterocycles. The van der Waals surface area contributed by atoms with Gasteiger partial charge in [-0.05, 0) is 38.5 Å². The van der Waals surface area contributed by atoms with Crippen LogP contribution < -0.4 is 15.8 Å². The van der Waals surface area contributed by atoms with E-state index in [0.29, 0.717) is 17.2 Å². The maximum absolute atomic E-state index is 12.0. The van der Waals surface area contributed by atoms with E-state index >= 15 is 0 Å². The zero-order chi connectivity index (χ0) is 16.6. The number of anilines is 1. The van der Waals surface area contributed by atoms with Gasteiger partial charge < -0.3 is 15.8 Å². The van der Waals surface area contributed by atoms with Crippen molar-refractivity contribution in [1.82, 2.24) is 14.8 Å². The number of carbonyl (C=O) groups excluding carboxylic acids is 1. The zero-order valence-electron chi connectivity index (χ0n) is 13.3. The van der Waals surface area contributed by atoms with Gasteiger partial charge in [0, 0.05) is 5.70 Å². The summed E-state index contributed by atoms with van der Waals surface area (Å²) in [4.78, 5) is 16.1. The number of rotatable bonds is 4. The van der Waals surface area contributed by atoms with E-state index in [4.69, 9.17) is 10.5 Å². The van der Waals surface area contributed by atoms with Crippen molar-refractivity contribution in [2.24, 2.45) is 5.73 Å². The van der Waals surface area contributed by atoms with E-state index in [2.05, 4.69) is 15.4 Å². The summed E-state index contributed by atoms with van der Waals surface area (Å²) >= 11 is 0. The Labute approximate surface area is 134 Å². The molecule has 0 fully saturated rings. The van der Waals surface area contributed by atoms with Gasteiger partial charge in [-0.15, -0.1) is 0 Å². The van der Waals surface area contributed by atoms with Gasteiger partial charge in [0.05, 0.1) is 11.7 Å². The number of benzene rings is 1. The van der Waals surface area contributed by atoms with Gasteiger partial charge in [-0.25, -0.2) is 4.68 Å². The third-order valence-electron chi connectivity index (χ3n) is 3.61. The van der Waals surface area contributed by atoms with Gasteiger partial charge >= 0.3 is 0 Å². The zero-order valence-corrected chi connectivity index (χ0v) is 13.3. The molecule has 1 aliphatic rings. The predicted octanol–water partition coefficient (Wildman–Crippen LogP) is 1.84. The highest BCUT2D eigenvalue weighted by molar-refractivity contribution is 5.95. The fourth-order valence-corrected chi connectivity index (χ4v) is 2.75. The molecule has 0 bridgehead atoms. The molecule has 2 aromatic rings. The van der Waals surface area contributed by atoms with E-state index in [9.17, 15) is 4.79 Å². The lowest BCUT2D eigenvalue weighted by Gasteiger charge is -2.28. The Morgan fingerprint density at radius 2 is 2.22 bits per heavy atom. The lowest BCUT2D eigenvalue weighted by Crippen LogP contribution is -2.31. The predicted molar refractivity (Wildman–Crippen MR) is 85.9 cm³/mol. The molecular weight excluding hydrogens is 294 g/mol. The number of fused-ring (bicyclic) bond motifs is 1. The standard InChI is InChI=1S/C16H19N5O2/c1-9(2)23-12-6-4-5-11(7-12)14-13(15(17)22)10(3)20-16-18-8-19-21(14)16/h4-9,14H,1-3H3,(H2,17,22)(H,18,19,20).